The van der Waals surface area contributed by atoms with Crippen LogP contribution in [0.25, 0.3) is 0 Å². The van der Waals surface area contributed by atoms with Gasteiger partial charge in [0, 0.05) is 16.6 Å². The van der Waals surface area contributed by atoms with E-state index in [1.807, 2.05) is 12.1 Å². The molecule has 6 heteroatoms. The number of rotatable bonds is 4. The van der Waals surface area contributed by atoms with E-state index in [2.05, 4.69) is 20.8 Å². The summed E-state index contributed by atoms with van der Waals surface area (Å²) in [6, 6.07) is 10.9. The molecule has 2 N–H and O–H groups in total. The molecule has 0 unspecified atom stereocenters. The van der Waals surface area contributed by atoms with Crippen molar-refractivity contribution in [3.05, 3.63) is 41.4 Å². The predicted octanol–water partition coefficient (Wildman–Crippen LogP) is 4.39. The van der Waals surface area contributed by atoms with Gasteiger partial charge in [-0.05, 0) is 49.2 Å². The van der Waals surface area contributed by atoms with Crippen LogP contribution in [0.3, 0.4) is 0 Å². The van der Waals surface area contributed by atoms with Gasteiger partial charge < -0.3 is 10.6 Å². The molecule has 0 bridgehead atoms. The molecule has 2 aromatic rings. The van der Waals surface area contributed by atoms with Gasteiger partial charge in [-0.1, -0.05) is 30.9 Å². The van der Waals surface area contributed by atoms with Crippen molar-refractivity contribution in [3.8, 4) is 0 Å². The molecule has 1 aliphatic carbocycles. The lowest BCUT2D eigenvalue weighted by Gasteiger charge is -2.20. The molecule has 120 valence electrons. The number of aromatic nitrogens is 2. The lowest BCUT2D eigenvalue weighted by molar-refractivity contribution is -0.120. The zero-order valence-corrected chi connectivity index (χ0v) is 13.5. The molecule has 1 amide bonds. The molecule has 1 fully saturated rings. The molecular formula is C17H19ClN4O. The fourth-order valence-electron chi connectivity index (χ4n) is 2.74. The number of hydrogen-bond donors (Lipinski definition) is 2. The molecule has 3 rings (SSSR count). The fourth-order valence-corrected chi connectivity index (χ4v) is 2.87. The number of amides is 1. The van der Waals surface area contributed by atoms with E-state index in [-0.39, 0.29) is 11.8 Å². The molecule has 1 aliphatic rings. The second-order valence-electron chi connectivity index (χ2n) is 5.76. The zero-order chi connectivity index (χ0) is 16.1. The highest BCUT2D eigenvalue weighted by Gasteiger charge is 2.21. The number of nitrogens with one attached hydrogen (secondary N) is 2. The van der Waals surface area contributed by atoms with Crippen molar-refractivity contribution < 1.29 is 4.79 Å². The number of carbonyl (C=O) groups is 1. The van der Waals surface area contributed by atoms with Crippen molar-refractivity contribution in [2.24, 2.45) is 5.92 Å². The molecule has 0 aliphatic heterocycles. The summed E-state index contributed by atoms with van der Waals surface area (Å²) in [4.78, 5) is 12.2. The van der Waals surface area contributed by atoms with Crippen LogP contribution in [-0.2, 0) is 4.79 Å². The van der Waals surface area contributed by atoms with Crippen molar-refractivity contribution in [1.29, 1.82) is 0 Å². The van der Waals surface area contributed by atoms with E-state index < -0.39 is 0 Å². The van der Waals surface area contributed by atoms with Gasteiger partial charge in [0.15, 0.2) is 11.6 Å². The summed E-state index contributed by atoms with van der Waals surface area (Å²) in [6.45, 7) is 0. The first-order chi connectivity index (χ1) is 11.2. The van der Waals surface area contributed by atoms with E-state index >= 15 is 0 Å². The average Bonchev–Trinajstić information content (AvgIpc) is 2.59. The molecule has 1 saturated carbocycles. The molecular weight excluding hydrogens is 312 g/mol. The average molecular weight is 331 g/mol. The van der Waals surface area contributed by atoms with Crippen LogP contribution in [0.1, 0.15) is 32.1 Å². The predicted molar refractivity (Wildman–Crippen MR) is 92.0 cm³/mol. The van der Waals surface area contributed by atoms with Gasteiger partial charge in [0.05, 0.1) is 0 Å². The Balaban J connectivity index is 1.58. The molecule has 1 aromatic heterocycles. The largest absolute Gasteiger partial charge is 0.339 e. The van der Waals surface area contributed by atoms with Crippen LogP contribution < -0.4 is 10.6 Å². The third-order valence-corrected chi connectivity index (χ3v) is 4.26. The minimum Gasteiger partial charge on any atom is -0.339 e. The van der Waals surface area contributed by atoms with Gasteiger partial charge in [0.2, 0.25) is 5.91 Å². The Kier molecular flexibility index (Phi) is 5.08. The summed E-state index contributed by atoms with van der Waals surface area (Å²) >= 11 is 5.85. The third-order valence-electron chi connectivity index (χ3n) is 4.01. The van der Waals surface area contributed by atoms with E-state index in [4.69, 9.17) is 11.6 Å². The summed E-state index contributed by atoms with van der Waals surface area (Å²) in [5.74, 6) is 1.26. The second kappa shape index (κ2) is 7.42. The van der Waals surface area contributed by atoms with E-state index in [1.165, 1.54) is 6.42 Å². The first kappa shape index (κ1) is 15.7. The smallest absolute Gasteiger partial charge is 0.228 e. The summed E-state index contributed by atoms with van der Waals surface area (Å²) in [5.41, 5.74) is 0.877. The Morgan fingerprint density at radius 3 is 2.26 bits per heavy atom. The third kappa shape index (κ3) is 4.42. The van der Waals surface area contributed by atoms with Gasteiger partial charge in [-0.3, -0.25) is 4.79 Å². The molecule has 1 aromatic carbocycles. The Labute approximate surface area is 140 Å². The number of halogens is 1. The first-order valence-electron chi connectivity index (χ1n) is 7.88. The van der Waals surface area contributed by atoms with Crippen molar-refractivity contribution >= 4 is 34.8 Å². The summed E-state index contributed by atoms with van der Waals surface area (Å²) in [5, 5.41) is 14.8. The molecule has 0 radical (unpaired) electrons. The van der Waals surface area contributed by atoms with Gasteiger partial charge in [-0.2, -0.15) is 0 Å². The topological polar surface area (TPSA) is 66.9 Å². The molecule has 0 saturated heterocycles. The summed E-state index contributed by atoms with van der Waals surface area (Å²) in [6.07, 6.45) is 5.43. The molecule has 0 spiro atoms. The van der Waals surface area contributed by atoms with E-state index in [0.29, 0.717) is 16.7 Å². The van der Waals surface area contributed by atoms with Crippen LogP contribution in [0.2, 0.25) is 5.02 Å². The quantitative estimate of drug-likeness (QED) is 0.872. The van der Waals surface area contributed by atoms with E-state index in [9.17, 15) is 4.79 Å². The zero-order valence-electron chi connectivity index (χ0n) is 12.8. The maximum Gasteiger partial charge on any atom is 0.228 e. The fraction of sp³-hybridized carbons (Fsp3) is 0.353. The number of anilines is 3. The highest BCUT2D eigenvalue weighted by molar-refractivity contribution is 6.30. The minimum atomic E-state index is 0.0532. The standard InChI is InChI=1S/C17H19ClN4O/c18-13-6-8-14(9-7-13)19-15-10-11-16(22-21-15)20-17(23)12-4-2-1-3-5-12/h6-12H,1-5H2,(H,19,21)(H,20,22,23). The van der Waals surface area contributed by atoms with E-state index in [0.717, 1.165) is 31.4 Å². The van der Waals surface area contributed by atoms with E-state index in [1.54, 1.807) is 24.3 Å². The monoisotopic (exact) mass is 330 g/mol. The highest BCUT2D eigenvalue weighted by Crippen LogP contribution is 2.24. The van der Waals surface area contributed by atoms with Crippen molar-refractivity contribution in [3.63, 3.8) is 0 Å². The molecule has 23 heavy (non-hydrogen) atoms. The van der Waals surface area contributed by atoms with Crippen LogP contribution in [0.15, 0.2) is 36.4 Å². The van der Waals surface area contributed by atoms with Gasteiger partial charge in [-0.25, -0.2) is 0 Å². The Morgan fingerprint density at radius 1 is 0.957 bits per heavy atom. The van der Waals surface area contributed by atoms with Crippen LogP contribution in [0.5, 0.6) is 0 Å². The highest BCUT2D eigenvalue weighted by atomic mass is 35.5. The number of benzene rings is 1. The van der Waals surface area contributed by atoms with Crippen LogP contribution in [-0.4, -0.2) is 16.1 Å². The van der Waals surface area contributed by atoms with Gasteiger partial charge >= 0.3 is 0 Å². The van der Waals surface area contributed by atoms with Crippen LogP contribution >= 0.6 is 11.6 Å². The normalized spacial score (nSPS) is 15.2. The Hall–Kier alpha value is -2.14. The number of carbonyl (C=O) groups excluding carboxylic acids is 1. The maximum atomic E-state index is 12.2. The molecule has 1 heterocycles. The lowest BCUT2D eigenvalue weighted by Crippen LogP contribution is -2.25. The van der Waals surface area contributed by atoms with Gasteiger partial charge in [-0.15, -0.1) is 10.2 Å². The van der Waals surface area contributed by atoms with Crippen LogP contribution in [0, 0.1) is 5.92 Å². The first-order valence-corrected chi connectivity index (χ1v) is 8.26. The number of hydrogen-bond acceptors (Lipinski definition) is 4. The van der Waals surface area contributed by atoms with Gasteiger partial charge in [0.25, 0.3) is 0 Å². The minimum absolute atomic E-state index is 0.0532. The Bertz CT molecular complexity index is 651. The summed E-state index contributed by atoms with van der Waals surface area (Å²) < 4.78 is 0. The van der Waals surface area contributed by atoms with Crippen molar-refractivity contribution in [2.75, 3.05) is 10.6 Å². The maximum absolute atomic E-state index is 12.2. The Morgan fingerprint density at radius 2 is 1.61 bits per heavy atom. The summed E-state index contributed by atoms with van der Waals surface area (Å²) in [7, 11) is 0. The lowest BCUT2D eigenvalue weighted by atomic mass is 9.89. The molecule has 5 nitrogen and oxygen atoms in total. The molecule has 0 atom stereocenters. The second-order valence-corrected chi connectivity index (χ2v) is 6.20. The van der Waals surface area contributed by atoms with Crippen LogP contribution in [0.4, 0.5) is 17.3 Å². The number of nitrogens with zero attached hydrogens (tertiary/aromatic N) is 2. The van der Waals surface area contributed by atoms with Crippen molar-refractivity contribution in [2.45, 2.75) is 32.1 Å². The van der Waals surface area contributed by atoms with Gasteiger partial charge in [0.1, 0.15) is 0 Å². The SMILES string of the molecule is O=C(Nc1ccc(Nc2ccc(Cl)cc2)nn1)C1CCCCC1. The van der Waals surface area contributed by atoms with Crippen molar-refractivity contribution in [1.82, 2.24) is 10.2 Å².